The van der Waals surface area contributed by atoms with Gasteiger partial charge in [-0.3, -0.25) is 4.98 Å². The molecule has 0 aliphatic carbocycles. The van der Waals surface area contributed by atoms with Crippen LogP contribution < -0.4 is 0 Å². The summed E-state index contributed by atoms with van der Waals surface area (Å²) in [5, 5.41) is 0.753. The Morgan fingerprint density at radius 3 is 2.62 bits per heavy atom. The highest BCUT2D eigenvalue weighted by Gasteiger charge is 2.12. The Morgan fingerprint density at radius 1 is 0.917 bits per heavy atom. The normalized spacial score (nSPS) is 11.0. The maximum atomic E-state index is 6.14. The van der Waals surface area contributed by atoms with Gasteiger partial charge in [0.15, 0.2) is 0 Å². The first kappa shape index (κ1) is 14.9. The highest BCUT2D eigenvalue weighted by molar-refractivity contribution is 6.30. The van der Waals surface area contributed by atoms with Crippen LogP contribution in [0.3, 0.4) is 0 Å². The number of pyridine rings is 1. The van der Waals surface area contributed by atoms with Gasteiger partial charge in [0.1, 0.15) is 5.82 Å². The van der Waals surface area contributed by atoms with Crippen molar-refractivity contribution in [3.05, 3.63) is 95.0 Å². The standard InChI is InChI=1S/C20H16ClN3/c21-16-7-5-6-15(12-16)14-24-19-10-2-1-9-18(19)23-20(24)13-17-8-3-4-11-22-17/h1-12H,13-14H2. The van der Waals surface area contributed by atoms with Gasteiger partial charge >= 0.3 is 0 Å². The number of imidazole rings is 1. The molecule has 4 rings (SSSR count). The Morgan fingerprint density at radius 2 is 1.79 bits per heavy atom. The van der Waals surface area contributed by atoms with E-state index in [1.165, 1.54) is 0 Å². The van der Waals surface area contributed by atoms with Crippen molar-refractivity contribution < 1.29 is 0 Å². The van der Waals surface area contributed by atoms with Crippen molar-refractivity contribution >= 4 is 22.6 Å². The first-order valence-electron chi connectivity index (χ1n) is 7.88. The number of para-hydroxylation sites is 2. The van der Waals surface area contributed by atoms with Crippen molar-refractivity contribution in [3.63, 3.8) is 0 Å². The molecule has 24 heavy (non-hydrogen) atoms. The van der Waals surface area contributed by atoms with E-state index in [0.29, 0.717) is 6.42 Å². The molecule has 0 fully saturated rings. The van der Waals surface area contributed by atoms with Gasteiger partial charge in [0.2, 0.25) is 0 Å². The fourth-order valence-electron chi connectivity index (χ4n) is 2.92. The van der Waals surface area contributed by atoms with Crippen molar-refractivity contribution in [2.45, 2.75) is 13.0 Å². The van der Waals surface area contributed by atoms with E-state index in [1.807, 2.05) is 60.8 Å². The summed E-state index contributed by atoms with van der Waals surface area (Å²) in [6.07, 6.45) is 2.52. The zero-order chi connectivity index (χ0) is 16.4. The molecule has 0 saturated carbocycles. The lowest BCUT2D eigenvalue weighted by molar-refractivity contribution is 0.756. The van der Waals surface area contributed by atoms with E-state index in [2.05, 4.69) is 21.7 Å². The summed E-state index contributed by atoms with van der Waals surface area (Å²) in [4.78, 5) is 9.25. The Kier molecular flexibility index (Phi) is 4.01. The molecule has 0 unspecified atom stereocenters. The van der Waals surface area contributed by atoms with Crippen LogP contribution in [0.1, 0.15) is 17.1 Å². The largest absolute Gasteiger partial charge is 0.323 e. The molecule has 118 valence electrons. The van der Waals surface area contributed by atoms with Crippen LogP contribution in [0.4, 0.5) is 0 Å². The Bertz CT molecular complexity index is 977. The van der Waals surface area contributed by atoms with E-state index in [1.54, 1.807) is 0 Å². The molecule has 0 saturated heterocycles. The SMILES string of the molecule is Clc1cccc(Cn2c(Cc3ccccn3)nc3ccccc32)c1. The van der Waals surface area contributed by atoms with Crippen molar-refractivity contribution in [2.24, 2.45) is 0 Å². The topological polar surface area (TPSA) is 30.7 Å². The lowest BCUT2D eigenvalue weighted by atomic mass is 10.2. The second kappa shape index (κ2) is 6.46. The minimum absolute atomic E-state index is 0.704. The highest BCUT2D eigenvalue weighted by Crippen LogP contribution is 2.21. The van der Waals surface area contributed by atoms with Gasteiger partial charge in [-0.25, -0.2) is 4.98 Å². The number of hydrogen-bond donors (Lipinski definition) is 0. The second-order valence-electron chi connectivity index (χ2n) is 5.73. The van der Waals surface area contributed by atoms with Crippen molar-refractivity contribution in [1.82, 2.24) is 14.5 Å². The molecule has 3 nitrogen and oxygen atoms in total. The third kappa shape index (κ3) is 3.03. The van der Waals surface area contributed by atoms with Crippen LogP contribution in [-0.4, -0.2) is 14.5 Å². The van der Waals surface area contributed by atoms with Crippen LogP contribution in [0.15, 0.2) is 72.9 Å². The van der Waals surface area contributed by atoms with Gasteiger partial charge in [-0.2, -0.15) is 0 Å². The number of rotatable bonds is 4. The summed E-state index contributed by atoms with van der Waals surface area (Å²) in [6.45, 7) is 0.739. The average molecular weight is 334 g/mol. The minimum atomic E-state index is 0.704. The summed E-state index contributed by atoms with van der Waals surface area (Å²) in [5.41, 5.74) is 4.31. The monoisotopic (exact) mass is 333 g/mol. The fourth-order valence-corrected chi connectivity index (χ4v) is 3.13. The van der Waals surface area contributed by atoms with Gasteiger partial charge in [-0.15, -0.1) is 0 Å². The van der Waals surface area contributed by atoms with Gasteiger partial charge in [0, 0.05) is 29.9 Å². The third-order valence-corrected chi connectivity index (χ3v) is 4.26. The highest BCUT2D eigenvalue weighted by atomic mass is 35.5. The summed E-state index contributed by atoms with van der Waals surface area (Å²) in [6, 6.07) is 22.1. The smallest absolute Gasteiger partial charge is 0.116 e. The van der Waals surface area contributed by atoms with E-state index in [-0.39, 0.29) is 0 Å². The molecule has 0 aliphatic heterocycles. The van der Waals surface area contributed by atoms with Gasteiger partial charge in [0.25, 0.3) is 0 Å². The van der Waals surface area contributed by atoms with Crippen LogP contribution in [0.5, 0.6) is 0 Å². The number of benzene rings is 2. The minimum Gasteiger partial charge on any atom is -0.323 e. The maximum Gasteiger partial charge on any atom is 0.116 e. The maximum absolute atomic E-state index is 6.14. The zero-order valence-corrected chi connectivity index (χ0v) is 13.8. The number of aromatic nitrogens is 3. The average Bonchev–Trinajstić information content (AvgIpc) is 2.93. The van der Waals surface area contributed by atoms with Crippen molar-refractivity contribution in [3.8, 4) is 0 Å². The molecule has 2 heterocycles. The third-order valence-electron chi connectivity index (χ3n) is 4.03. The number of nitrogens with zero attached hydrogens (tertiary/aromatic N) is 3. The molecule has 0 radical (unpaired) electrons. The van der Waals surface area contributed by atoms with Crippen LogP contribution in [0.25, 0.3) is 11.0 Å². The lowest BCUT2D eigenvalue weighted by Crippen LogP contribution is -2.06. The summed E-state index contributed by atoms with van der Waals surface area (Å²) in [5.74, 6) is 1.01. The molecule has 0 N–H and O–H groups in total. The summed E-state index contributed by atoms with van der Waals surface area (Å²) >= 11 is 6.14. The molecular weight excluding hydrogens is 318 g/mol. The molecule has 0 aliphatic rings. The quantitative estimate of drug-likeness (QED) is 0.541. The number of halogens is 1. The lowest BCUT2D eigenvalue weighted by Gasteiger charge is -2.10. The van der Waals surface area contributed by atoms with Gasteiger partial charge < -0.3 is 4.57 Å². The van der Waals surface area contributed by atoms with Gasteiger partial charge in [-0.05, 0) is 42.0 Å². The first-order chi connectivity index (χ1) is 11.8. The van der Waals surface area contributed by atoms with Crippen molar-refractivity contribution in [1.29, 1.82) is 0 Å². The molecule has 4 aromatic rings. The van der Waals surface area contributed by atoms with Gasteiger partial charge in [-0.1, -0.05) is 41.9 Å². The second-order valence-corrected chi connectivity index (χ2v) is 6.17. The molecule has 0 atom stereocenters. The van der Waals surface area contributed by atoms with Gasteiger partial charge in [0.05, 0.1) is 11.0 Å². The molecule has 0 bridgehead atoms. The summed E-state index contributed by atoms with van der Waals surface area (Å²) in [7, 11) is 0. The molecule has 2 aromatic heterocycles. The summed E-state index contributed by atoms with van der Waals surface area (Å²) < 4.78 is 2.25. The van der Waals surface area contributed by atoms with E-state index < -0.39 is 0 Å². The van der Waals surface area contributed by atoms with E-state index in [0.717, 1.165) is 39.7 Å². The first-order valence-corrected chi connectivity index (χ1v) is 8.26. The molecule has 0 amide bonds. The zero-order valence-electron chi connectivity index (χ0n) is 13.1. The van der Waals surface area contributed by atoms with Crippen molar-refractivity contribution in [2.75, 3.05) is 0 Å². The molecule has 0 spiro atoms. The van der Waals surface area contributed by atoms with E-state index in [4.69, 9.17) is 16.6 Å². The van der Waals surface area contributed by atoms with E-state index in [9.17, 15) is 0 Å². The van der Waals surface area contributed by atoms with Crippen LogP contribution in [0.2, 0.25) is 5.02 Å². The molecular formula is C20H16ClN3. The molecule has 2 aromatic carbocycles. The van der Waals surface area contributed by atoms with Crippen LogP contribution >= 0.6 is 11.6 Å². The predicted molar refractivity (Wildman–Crippen MR) is 97.3 cm³/mol. The van der Waals surface area contributed by atoms with Crippen LogP contribution in [-0.2, 0) is 13.0 Å². The Hall–Kier alpha value is -2.65. The fraction of sp³-hybridized carbons (Fsp3) is 0.100. The van der Waals surface area contributed by atoms with Crippen LogP contribution in [0, 0.1) is 0 Å². The Labute approximate surface area is 145 Å². The number of hydrogen-bond acceptors (Lipinski definition) is 2. The Balaban J connectivity index is 1.78. The predicted octanol–water partition coefficient (Wildman–Crippen LogP) is 4.72. The number of fused-ring (bicyclic) bond motifs is 1. The van der Waals surface area contributed by atoms with E-state index >= 15 is 0 Å². The molecule has 4 heteroatoms.